The fraction of sp³-hybridized carbons (Fsp3) is 0.429. The highest BCUT2D eigenvalue weighted by atomic mass is 19.4. The first-order valence-electron chi connectivity index (χ1n) is 6.78. The Kier molecular flexibility index (Phi) is 4.70. The molecule has 0 fully saturated rings. The lowest BCUT2D eigenvalue weighted by Gasteiger charge is -2.12. The molecule has 120 valence electrons. The van der Waals surface area contributed by atoms with Crippen molar-refractivity contribution in [1.29, 1.82) is 0 Å². The number of benzene rings is 1. The summed E-state index contributed by atoms with van der Waals surface area (Å²) in [7, 11) is 0. The van der Waals surface area contributed by atoms with Gasteiger partial charge in [0.15, 0.2) is 5.69 Å². The van der Waals surface area contributed by atoms with E-state index in [2.05, 4.69) is 10.3 Å². The molecule has 5 nitrogen and oxygen atoms in total. The summed E-state index contributed by atoms with van der Waals surface area (Å²) in [6, 6.07) is 6.20. The molecule has 0 atom stereocenters. The molecule has 0 radical (unpaired) electrons. The minimum atomic E-state index is -4.58. The third-order valence-electron chi connectivity index (χ3n) is 2.87. The lowest BCUT2D eigenvalue weighted by Crippen LogP contribution is -2.16. The number of hydrogen-bond donors (Lipinski definition) is 1. The highest BCUT2D eigenvalue weighted by Crippen LogP contribution is 2.32. The van der Waals surface area contributed by atoms with Crippen LogP contribution in [0.2, 0.25) is 0 Å². The van der Waals surface area contributed by atoms with E-state index < -0.39 is 11.9 Å². The number of ether oxygens (including phenoxy) is 1. The van der Waals surface area contributed by atoms with E-state index in [0.29, 0.717) is 18.3 Å². The van der Waals surface area contributed by atoms with E-state index in [1.165, 1.54) is 12.1 Å². The molecule has 22 heavy (non-hydrogen) atoms. The van der Waals surface area contributed by atoms with Crippen LogP contribution in [0.4, 0.5) is 13.2 Å². The Balaban J connectivity index is 2.31. The zero-order valence-electron chi connectivity index (χ0n) is 12.3. The zero-order chi connectivity index (χ0) is 16.3. The van der Waals surface area contributed by atoms with E-state index in [4.69, 9.17) is 10.5 Å². The predicted octanol–water partition coefficient (Wildman–Crippen LogP) is 2.78. The number of alkyl halides is 3. The molecule has 1 aromatic heterocycles. The summed E-state index contributed by atoms with van der Waals surface area (Å²) >= 11 is 0. The van der Waals surface area contributed by atoms with Crippen molar-refractivity contribution >= 4 is 0 Å². The quantitative estimate of drug-likeness (QED) is 0.921. The maximum Gasteiger partial charge on any atom is 0.435 e. The van der Waals surface area contributed by atoms with Crippen molar-refractivity contribution in [2.45, 2.75) is 26.6 Å². The second kappa shape index (κ2) is 6.35. The van der Waals surface area contributed by atoms with Gasteiger partial charge in [0, 0.05) is 6.54 Å². The van der Waals surface area contributed by atoms with Crippen molar-refractivity contribution in [2.24, 2.45) is 11.7 Å². The summed E-state index contributed by atoms with van der Waals surface area (Å²) in [6.07, 6.45) is -4.58. The van der Waals surface area contributed by atoms with Gasteiger partial charge in [0.25, 0.3) is 0 Å². The maximum absolute atomic E-state index is 13.1. The SMILES string of the molecule is CC(C)COc1ccc(-n2nnc(CN)c2C(F)(F)F)cc1. The number of hydrogen-bond acceptors (Lipinski definition) is 4. The van der Waals surface area contributed by atoms with Crippen molar-refractivity contribution in [2.75, 3.05) is 6.61 Å². The van der Waals surface area contributed by atoms with Crippen molar-refractivity contribution in [1.82, 2.24) is 15.0 Å². The molecule has 0 aliphatic rings. The van der Waals surface area contributed by atoms with E-state index >= 15 is 0 Å². The van der Waals surface area contributed by atoms with Crippen LogP contribution in [0.3, 0.4) is 0 Å². The van der Waals surface area contributed by atoms with Gasteiger partial charge in [-0.05, 0) is 30.2 Å². The fourth-order valence-electron chi connectivity index (χ4n) is 1.86. The molecule has 0 bridgehead atoms. The van der Waals surface area contributed by atoms with Gasteiger partial charge in [0.2, 0.25) is 0 Å². The average Bonchev–Trinajstić information content (AvgIpc) is 2.89. The van der Waals surface area contributed by atoms with E-state index in [9.17, 15) is 13.2 Å². The van der Waals surface area contributed by atoms with E-state index in [-0.39, 0.29) is 17.9 Å². The molecule has 0 saturated carbocycles. The van der Waals surface area contributed by atoms with Crippen LogP contribution >= 0.6 is 0 Å². The molecule has 1 heterocycles. The molecule has 0 aliphatic carbocycles. The number of halogens is 3. The Morgan fingerprint density at radius 2 is 1.86 bits per heavy atom. The van der Waals surface area contributed by atoms with Gasteiger partial charge in [-0.15, -0.1) is 5.10 Å². The minimum absolute atomic E-state index is 0.247. The lowest BCUT2D eigenvalue weighted by molar-refractivity contribution is -0.143. The highest BCUT2D eigenvalue weighted by molar-refractivity contribution is 5.39. The molecule has 2 rings (SSSR count). The molecule has 0 amide bonds. The first-order chi connectivity index (χ1) is 10.3. The molecular weight excluding hydrogens is 297 g/mol. The Labute approximate surface area is 125 Å². The van der Waals surface area contributed by atoms with E-state index in [1.807, 2.05) is 13.8 Å². The van der Waals surface area contributed by atoms with Crippen molar-refractivity contribution in [3.63, 3.8) is 0 Å². The van der Waals surface area contributed by atoms with Crippen molar-refractivity contribution in [3.05, 3.63) is 35.7 Å². The summed E-state index contributed by atoms with van der Waals surface area (Å²) < 4.78 is 45.6. The Morgan fingerprint density at radius 1 is 1.23 bits per heavy atom. The van der Waals surface area contributed by atoms with Crippen molar-refractivity contribution in [3.8, 4) is 11.4 Å². The van der Waals surface area contributed by atoms with Crippen LogP contribution in [-0.2, 0) is 12.7 Å². The third kappa shape index (κ3) is 3.56. The normalized spacial score (nSPS) is 12.0. The van der Waals surface area contributed by atoms with Crippen LogP contribution in [0, 0.1) is 5.92 Å². The van der Waals surface area contributed by atoms with Gasteiger partial charge >= 0.3 is 6.18 Å². The number of nitrogens with two attached hydrogens (primary N) is 1. The van der Waals surface area contributed by atoms with Crippen LogP contribution in [-0.4, -0.2) is 21.6 Å². The molecule has 0 saturated heterocycles. The first-order valence-corrected chi connectivity index (χ1v) is 6.78. The summed E-state index contributed by atoms with van der Waals surface area (Å²) in [5.41, 5.74) is 4.30. The molecular formula is C14H17F3N4O. The van der Waals surface area contributed by atoms with Crippen molar-refractivity contribution < 1.29 is 17.9 Å². The largest absolute Gasteiger partial charge is 0.493 e. The second-order valence-corrected chi connectivity index (χ2v) is 5.20. The number of aromatic nitrogens is 3. The van der Waals surface area contributed by atoms with Crippen LogP contribution in [0.15, 0.2) is 24.3 Å². The summed E-state index contributed by atoms with van der Waals surface area (Å²) in [5, 5.41) is 7.05. The van der Waals surface area contributed by atoms with Crippen LogP contribution < -0.4 is 10.5 Å². The molecule has 0 unspecified atom stereocenters. The Bertz CT molecular complexity index is 620. The minimum Gasteiger partial charge on any atom is -0.493 e. The second-order valence-electron chi connectivity index (χ2n) is 5.20. The van der Waals surface area contributed by atoms with Gasteiger partial charge in [-0.2, -0.15) is 13.2 Å². The first kappa shape index (κ1) is 16.3. The standard InChI is InChI=1S/C14H17F3N4O/c1-9(2)8-22-11-5-3-10(4-6-11)21-13(14(15,16)17)12(7-18)19-20-21/h3-6,9H,7-8,18H2,1-2H3. The number of nitrogens with zero attached hydrogens (tertiary/aromatic N) is 3. The van der Waals surface area contributed by atoms with Crippen LogP contribution in [0.1, 0.15) is 25.2 Å². The molecule has 2 N–H and O–H groups in total. The summed E-state index contributed by atoms with van der Waals surface area (Å²) in [5.74, 6) is 0.948. The highest BCUT2D eigenvalue weighted by Gasteiger charge is 2.39. The Hall–Kier alpha value is -2.09. The van der Waals surface area contributed by atoms with Crippen LogP contribution in [0.5, 0.6) is 5.75 Å². The zero-order valence-corrected chi connectivity index (χ0v) is 12.3. The van der Waals surface area contributed by atoms with Gasteiger partial charge in [0.05, 0.1) is 12.3 Å². The lowest BCUT2D eigenvalue weighted by atomic mass is 10.2. The topological polar surface area (TPSA) is 66.0 Å². The van der Waals surface area contributed by atoms with Gasteiger partial charge in [-0.3, -0.25) is 0 Å². The number of rotatable bonds is 5. The van der Waals surface area contributed by atoms with Gasteiger partial charge < -0.3 is 10.5 Å². The monoisotopic (exact) mass is 314 g/mol. The summed E-state index contributed by atoms with van der Waals surface area (Å²) in [6.45, 7) is 4.22. The van der Waals surface area contributed by atoms with Crippen LogP contribution in [0.25, 0.3) is 5.69 Å². The predicted molar refractivity (Wildman–Crippen MR) is 74.6 cm³/mol. The van der Waals surface area contributed by atoms with Gasteiger partial charge in [-0.25, -0.2) is 4.68 Å². The van der Waals surface area contributed by atoms with Gasteiger partial charge in [-0.1, -0.05) is 19.1 Å². The summed E-state index contributed by atoms with van der Waals surface area (Å²) in [4.78, 5) is 0. The van der Waals surface area contributed by atoms with E-state index in [1.54, 1.807) is 12.1 Å². The molecule has 0 aliphatic heterocycles. The molecule has 1 aromatic carbocycles. The molecule has 2 aromatic rings. The maximum atomic E-state index is 13.1. The Morgan fingerprint density at radius 3 is 2.36 bits per heavy atom. The molecule has 8 heteroatoms. The third-order valence-corrected chi connectivity index (χ3v) is 2.87. The smallest absolute Gasteiger partial charge is 0.435 e. The fourth-order valence-corrected chi connectivity index (χ4v) is 1.86. The van der Waals surface area contributed by atoms with E-state index in [0.717, 1.165) is 4.68 Å². The van der Waals surface area contributed by atoms with Gasteiger partial charge in [0.1, 0.15) is 11.4 Å². The average molecular weight is 314 g/mol. The molecule has 0 spiro atoms.